The van der Waals surface area contributed by atoms with Gasteiger partial charge in [-0.3, -0.25) is 33.5 Å². The number of benzene rings is 1. The third-order valence-corrected chi connectivity index (χ3v) is 9.93. The van der Waals surface area contributed by atoms with Gasteiger partial charge in [0, 0.05) is 56.8 Å². The van der Waals surface area contributed by atoms with E-state index in [-0.39, 0.29) is 35.8 Å². The van der Waals surface area contributed by atoms with E-state index in [0.717, 1.165) is 41.5 Å². The molecule has 0 spiro atoms. The Bertz CT molecular complexity index is 2260. The van der Waals surface area contributed by atoms with Crippen molar-refractivity contribution in [3.05, 3.63) is 70.8 Å². The van der Waals surface area contributed by atoms with Crippen LogP contribution in [0.3, 0.4) is 0 Å². The molecule has 1 aliphatic carbocycles. The molecule has 16 nitrogen and oxygen atoms in total. The maximum absolute atomic E-state index is 13.2. The maximum Gasteiger partial charge on any atom is 0.329 e. The number of piperidine rings is 1. The van der Waals surface area contributed by atoms with Gasteiger partial charge in [-0.25, -0.2) is 23.5 Å². The second-order valence-corrected chi connectivity index (χ2v) is 13.4. The molecular weight excluding hydrogens is 661 g/mol. The number of carbonyl (C=O) groups is 4. The number of imidazole rings is 2. The minimum atomic E-state index is -0.996. The van der Waals surface area contributed by atoms with Gasteiger partial charge in [-0.1, -0.05) is 6.07 Å². The van der Waals surface area contributed by atoms with Crippen molar-refractivity contribution in [2.24, 2.45) is 7.05 Å². The third-order valence-electron chi connectivity index (χ3n) is 9.93. The molecule has 5 aromatic rings. The molecule has 5 amide bonds. The Labute approximate surface area is 289 Å². The molecule has 264 valence electrons. The Morgan fingerprint density at radius 3 is 2.61 bits per heavy atom. The summed E-state index contributed by atoms with van der Waals surface area (Å²) in [5, 5.41) is 16.8. The number of nitrogens with zero attached hydrogens (tertiary/aromatic N) is 8. The summed E-state index contributed by atoms with van der Waals surface area (Å²) in [6, 6.07) is 6.33. The van der Waals surface area contributed by atoms with Gasteiger partial charge in [0.2, 0.25) is 11.8 Å². The van der Waals surface area contributed by atoms with Crippen LogP contribution < -0.4 is 21.6 Å². The number of aromatic nitrogens is 7. The number of rotatable bonds is 10. The quantitative estimate of drug-likeness (QED) is 0.145. The zero-order valence-corrected chi connectivity index (χ0v) is 27.8. The topological polar surface area (TPSA) is 183 Å². The van der Waals surface area contributed by atoms with Crippen LogP contribution in [0.4, 0.5) is 9.18 Å². The lowest BCUT2D eigenvalue weighted by Crippen LogP contribution is -2.54. The molecule has 1 unspecified atom stereocenters. The molecule has 0 radical (unpaired) electrons. The van der Waals surface area contributed by atoms with E-state index < -0.39 is 30.1 Å². The van der Waals surface area contributed by atoms with Crippen LogP contribution in [-0.2, 0) is 23.1 Å². The normalized spacial score (nSPS) is 20.4. The predicted octanol–water partition coefficient (Wildman–Crippen LogP) is 1.65. The number of aryl methyl sites for hydroxylation is 2. The highest BCUT2D eigenvalue weighted by Crippen LogP contribution is 2.27. The van der Waals surface area contributed by atoms with Crippen molar-refractivity contribution >= 4 is 40.4 Å². The van der Waals surface area contributed by atoms with Gasteiger partial charge in [-0.05, 0) is 49.4 Å². The lowest BCUT2D eigenvalue weighted by Gasteiger charge is -2.39. The zero-order chi connectivity index (χ0) is 35.4. The minimum Gasteiger partial charge on any atom is -0.345 e. The number of nitrogens with one attached hydrogen (secondary N) is 3. The molecular formula is C34H36FN11O5. The standard InChI is InChI=1S/C34H36FN11O5/c1-42-27-10-19(5-6-25(27)45(34(42)51)26-7-8-30(47)41-31(26)48)4-2-3-9-36-33(50)43-17-22(18-43)44-16-21(14-38-44)20-11-29-37-15-28(46(29)39-13-20)32(49)40-24-12-23(24)35/h5-6,10-11,13-16,22-24,26H,2-4,7-9,12,17-18H2,1H3,(H,36,50)(H,40,49)(H,41,47,48)/t23-,24+,26?/m0/s1. The van der Waals surface area contributed by atoms with E-state index in [2.05, 4.69) is 31.1 Å². The monoisotopic (exact) mass is 697 g/mol. The molecule has 6 heterocycles. The molecule has 2 aliphatic heterocycles. The number of carbonyl (C=O) groups excluding carboxylic acids is 4. The largest absolute Gasteiger partial charge is 0.345 e. The Kier molecular flexibility index (Phi) is 8.11. The number of alkyl halides is 1. The first-order valence-electron chi connectivity index (χ1n) is 17.0. The zero-order valence-electron chi connectivity index (χ0n) is 27.8. The van der Waals surface area contributed by atoms with Crippen molar-refractivity contribution in [3.63, 3.8) is 0 Å². The van der Waals surface area contributed by atoms with Gasteiger partial charge in [0.1, 0.15) is 17.9 Å². The molecule has 1 saturated carbocycles. The van der Waals surface area contributed by atoms with Crippen LogP contribution in [0.5, 0.6) is 0 Å². The van der Waals surface area contributed by atoms with Crippen LogP contribution in [0, 0.1) is 0 Å². The average Bonchev–Trinajstić information content (AvgIpc) is 3.42. The predicted molar refractivity (Wildman–Crippen MR) is 181 cm³/mol. The summed E-state index contributed by atoms with van der Waals surface area (Å²) in [6.45, 7) is 1.59. The Balaban J connectivity index is 0.794. The van der Waals surface area contributed by atoms with E-state index in [1.54, 1.807) is 24.3 Å². The first kappa shape index (κ1) is 32.3. The summed E-state index contributed by atoms with van der Waals surface area (Å²) >= 11 is 0. The van der Waals surface area contributed by atoms with Gasteiger partial charge in [-0.2, -0.15) is 10.2 Å². The summed E-state index contributed by atoms with van der Waals surface area (Å²) in [5.74, 6) is -1.19. The van der Waals surface area contributed by atoms with Crippen molar-refractivity contribution in [3.8, 4) is 11.1 Å². The first-order valence-corrected chi connectivity index (χ1v) is 17.0. The number of halogens is 1. The molecule has 3 aliphatic rings. The highest BCUT2D eigenvalue weighted by Gasteiger charge is 2.39. The lowest BCUT2D eigenvalue weighted by molar-refractivity contribution is -0.135. The molecule has 2 saturated heterocycles. The summed E-state index contributed by atoms with van der Waals surface area (Å²) in [6.07, 6.45) is 8.87. The highest BCUT2D eigenvalue weighted by atomic mass is 19.1. The van der Waals surface area contributed by atoms with Crippen molar-refractivity contribution in [1.29, 1.82) is 0 Å². The summed E-state index contributed by atoms with van der Waals surface area (Å²) in [7, 11) is 1.68. The molecule has 3 N–H and O–H groups in total. The molecule has 4 aromatic heterocycles. The summed E-state index contributed by atoms with van der Waals surface area (Å²) in [5.41, 5.74) is 4.47. The lowest BCUT2D eigenvalue weighted by atomic mass is 10.0. The molecule has 1 aromatic carbocycles. The number of urea groups is 1. The number of likely N-dealkylation sites (tertiary alicyclic amines) is 1. The minimum absolute atomic E-state index is 0.0420. The second-order valence-electron chi connectivity index (χ2n) is 13.4. The van der Waals surface area contributed by atoms with Gasteiger partial charge in [-0.15, -0.1) is 0 Å². The molecule has 8 rings (SSSR count). The molecule has 17 heteroatoms. The van der Waals surface area contributed by atoms with Crippen LogP contribution in [0.2, 0.25) is 0 Å². The van der Waals surface area contributed by atoms with E-state index in [9.17, 15) is 28.4 Å². The molecule has 3 atom stereocenters. The molecule has 3 fully saturated rings. The van der Waals surface area contributed by atoms with Crippen molar-refractivity contribution in [2.45, 2.75) is 62.8 Å². The fourth-order valence-electron chi connectivity index (χ4n) is 6.78. The highest BCUT2D eigenvalue weighted by molar-refractivity contribution is 6.00. The van der Waals surface area contributed by atoms with Crippen molar-refractivity contribution < 1.29 is 23.6 Å². The fourth-order valence-corrected chi connectivity index (χ4v) is 6.78. The third kappa shape index (κ3) is 6.12. The van der Waals surface area contributed by atoms with E-state index in [4.69, 9.17) is 0 Å². The number of hydrogen-bond donors (Lipinski definition) is 3. The average molecular weight is 698 g/mol. The van der Waals surface area contributed by atoms with E-state index >= 15 is 0 Å². The number of fused-ring (bicyclic) bond motifs is 2. The van der Waals surface area contributed by atoms with Crippen molar-refractivity contribution in [2.75, 3.05) is 19.6 Å². The fraction of sp³-hybridized carbons (Fsp3) is 0.412. The first-order chi connectivity index (χ1) is 24.6. The van der Waals surface area contributed by atoms with E-state index in [1.807, 2.05) is 35.1 Å². The van der Waals surface area contributed by atoms with Crippen LogP contribution in [0.25, 0.3) is 27.8 Å². The van der Waals surface area contributed by atoms with Gasteiger partial charge >= 0.3 is 11.7 Å². The molecule has 51 heavy (non-hydrogen) atoms. The van der Waals surface area contributed by atoms with Crippen LogP contribution in [-0.4, -0.2) is 94.0 Å². The van der Waals surface area contributed by atoms with Gasteiger partial charge in [0.25, 0.3) is 5.91 Å². The van der Waals surface area contributed by atoms with Gasteiger partial charge < -0.3 is 15.5 Å². The Morgan fingerprint density at radius 1 is 1.02 bits per heavy atom. The maximum atomic E-state index is 13.2. The number of amides is 5. The van der Waals surface area contributed by atoms with Crippen molar-refractivity contribution in [1.82, 2.24) is 54.4 Å². The molecule has 0 bridgehead atoms. The van der Waals surface area contributed by atoms with E-state index in [0.29, 0.717) is 43.6 Å². The van der Waals surface area contributed by atoms with Gasteiger partial charge in [0.05, 0.1) is 41.7 Å². The SMILES string of the molecule is Cn1c(=O)n(C2CCC(=O)NC2=O)c2ccc(CCCCNC(=O)N3CC(n4cc(-c5cnn6c(C(=O)N[C@@H]7C[C@@H]7F)cnc6c5)cn4)C3)cc21. The van der Waals surface area contributed by atoms with Crippen LogP contribution >= 0.6 is 0 Å². The van der Waals surface area contributed by atoms with Crippen LogP contribution in [0.1, 0.15) is 60.2 Å². The summed E-state index contributed by atoms with van der Waals surface area (Å²) in [4.78, 5) is 68.3. The smallest absolute Gasteiger partial charge is 0.329 e. The summed E-state index contributed by atoms with van der Waals surface area (Å²) < 4.78 is 19.5. The van der Waals surface area contributed by atoms with E-state index in [1.165, 1.54) is 19.8 Å². The number of unbranched alkanes of at least 4 members (excludes halogenated alkanes) is 1. The number of hydrogen-bond acceptors (Lipinski definition) is 8. The number of imide groups is 1. The Morgan fingerprint density at radius 2 is 1.82 bits per heavy atom. The van der Waals surface area contributed by atoms with Gasteiger partial charge in [0.15, 0.2) is 5.65 Å². The Hall–Kier alpha value is -5.87. The second kappa shape index (κ2) is 12.8. The van der Waals surface area contributed by atoms with Crippen LogP contribution in [0.15, 0.2) is 53.8 Å².